The van der Waals surface area contributed by atoms with E-state index >= 15 is 0 Å². The minimum absolute atomic E-state index is 0.761. The zero-order valence-corrected chi connectivity index (χ0v) is 9.34. The molecule has 1 atom stereocenters. The van der Waals surface area contributed by atoms with E-state index in [4.69, 9.17) is 0 Å². The highest BCUT2D eigenvalue weighted by Gasteiger charge is 2.30. The molecule has 0 aromatic heterocycles. The van der Waals surface area contributed by atoms with Gasteiger partial charge in [-0.25, -0.2) is 0 Å². The third-order valence-electron chi connectivity index (χ3n) is 2.94. The summed E-state index contributed by atoms with van der Waals surface area (Å²) in [4.78, 5) is 2.65. The molecule has 1 rings (SSSR count). The van der Waals surface area contributed by atoms with Gasteiger partial charge in [-0.3, -0.25) is 4.90 Å². The van der Waals surface area contributed by atoms with Crippen LogP contribution in [0.2, 0.25) is 0 Å². The normalized spacial score (nSPS) is 19.4. The first-order valence-electron chi connectivity index (χ1n) is 5.76. The lowest BCUT2D eigenvalue weighted by molar-refractivity contribution is 0.199. The average Bonchev–Trinajstić information content (AvgIpc) is 2.90. The van der Waals surface area contributed by atoms with Crippen LogP contribution in [0.1, 0.15) is 40.0 Å². The molecule has 0 radical (unpaired) electrons. The second-order valence-corrected chi connectivity index (χ2v) is 4.05. The maximum absolute atomic E-state index is 3.39. The van der Waals surface area contributed by atoms with Gasteiger partial charge in [0.2, 0.25) is 0 Å². The van der Waals surface area contributed by atoms with Crippen molar-refractivity contribution in [1.82, 2.24) is 10.2 Å². The second kappa shape index (κ2) is 5.61. The van der Waals surface area contributed by atoms with Crippen LogP contribution in [0.15, 0.2) is 0 Å². The first-order valence-corrected chi connectivity index (χ1v) is 5.76. The number of hydrogen-bond donors (Lipinski definition) is 1. The Bertz CT molecular complexity index is 132. The summed E-state index contributed by atoms with van der Waals surface area (Å²) < 4.78 is 0. The molecule has 0 aromatic carbocycles. The van der Waals surface area contributed by atoms with Crippen LogP contribution in [0.4, 0.5) is 0 Å². The van der Waals surface area contributed by atoms with Gasteiger partial charge in [-0.1, -0.05) is 13.8 Å². The number of nitrogens with zero attached hydrogens (tertiary/aromatic N) is 1. The van der Waals surface area contributed by atoms with E-state index in [-0.39, 0.29) is 0 Å². The van der Waals surface area contributed by atoms with Crippen molar-refractivity contribution in [2.24, 2.45) is 0 Å². The molecule has 1 fully saturated rings. The van der Waals surface area contributed by atoms with Gasteiger partial charge in [0, 0.05) is 12.1 Å². The van der Waals surface area contributed by atoms with E-state index in [0.29, 0.717) is 0 Å². The monoisotopic (exact) mass is 184 g/mol. The van der Waals surface area contributed by atoms with E-state index in [1.807, 2.05) is 0 Å². The molecule has 2 heteroatoms. The van der Waals surface area contributed by atoms with Gasteiger partial charge in [-0.2, -0.15) is 0 Å². The van der Waals surface area contributed by atoms with Crippen LogP contribution in [-0.2, 0) is 0 Å². The van der Waals surface area contributed by atoms with Crippen molar-refractivity contribution in [3.8, 4) is 0 Å². The number of nitrogens with one attached hydrogen (secondary N) is 1. The standard InChI is InChI=1S/C11H24N2/c1-4-12-9-8-10(3)13(5-2)11-6-7-11/h10-12H,4-9H2,1-3H3. The van der Waals surface area contributed by atoms with Gasteiger partial charge in [-0.15, -0.1) is 0 Å². The van der Waals surface area contributed by atoms with Crippen molar-refractivity contribution in [2.45, 2.75) is 52.1 Å². The Kier molecular flexibility index (Phi) is 4.74. The fourth-order valence-corrected chi connectivity index (χ4v) is 1.99. The van der Waals surface area contributed by atoms with Gasteiger partial charge in [0.25, 0.3) is 0 Å². The van der Waals surface area contributed by atoms with Crippen LogP contribution < -0.4 is 5.32 Å². The highest BCUT2D eigenvalue weighted by Crippen LogP contribution is 2.28. The van der Waals surface area contributed by atoms with E-state index < -0.39 is 0 Å². The van der Waals surface area contributed by atoms with Gasteiger partial charge < -0.3 is 5.32 Å². The summed E-state index contributed by atoms with van der Waals surface area (Å²) in [5, 5.41) is 3.39. The topological polar surface area (TPSA) is 15.3 Å². The molecule has 0 aliphatic heterocycles. The Labute approximate surface area is 82.7 Å². The van der Waals surface area contributed by atoms with Gasteiger partial charge in [-0.05, 0) is 45.8 Å². The molecule has 0 spiro atoms. The molecular weight excluding hydrogens is 160 g/mol. The van der Waals surface area contributed by atoms with E-state index in [2.05, 4.69) is 31.0 Å². The first kappa shape index (κ1) is 11.0. The van der Waals surface area contributed by atoms with Crippen LogP contribution in [0.25, 0.3) is 0 Å². The quantitative estimate of drug-likeness (QED) is 0.608. The Morgan fingerprint density at radius 2 is 2.08 bits per heavy atom. The van der Waals surface area contributed by atoms with Gasteiger partial charge in [0.1, 0.15) is 0 Å². The van der Waals surface area contributed by atoms with Crippen molar-refractivity contribution in [2.75, 3.05) is 19.6 Å². The molecule has 0 saturated heterocycles. The van der Waals surface area contributed by atoms with Crippen molar-refractivity contribution in [3.63, 3.8) is 0 Å². The molecule has 13 heavy (non-hydrogen) atoms. The molecule has 1 aliphatic rings. The lowest BCUT2D eigenvalue weighted by Gasteiger charge is -2.27. The predicted molar refractivity (Wildman–Crippen MR) is 58.0 cm³/mol. The molecule has 0 heterocycles. The minimum atomic E-state index is 0.761. The molecule has 1 unspecified atom stereocenters. The smallest absolute Gasteiger partial charge is 0.00991 e. The Morgan fingerprint density at radius 1 is 1.38 bits per heavy atom. The van der Waals surface area contributed by atoms with E-state index in [9.17, 15) is 0 Å². The lowest BCUT2D eigenvalue weighted by Crippen LogP contribution is -2.36. The van der Waals surface area contributed by atoms with Crippen molar-refractivity contribution >= 4 is 0 Å². The number of rotatable bonds is 7. The molecule has 2 nitrogen and oxygen atoms in total. The Hall–Kier alpha value is -0.0800. The Morgan fingerprint density at radius 3 is 2.54 bits per heavy atom. The summed E-state index contributed by atoms with van der Waals surface area (Å²) in [5.41, 5.74) is 0. The molecular formula is C11H24N2. The SMILES string of the molecule is CCNCCC(C)N(CC)C1CC1. The van der Waals surface area contributed by atoms with Crippen molar-refractivity contribution < 1.29 is 0 Å². The van der Waals surface area contributed by atoms with Gasteiger partial charge >= 0.3 is 0 Å². The summed E-state index contributed by atoms with van der Waals surface area (Å²) in [5.74, 6) is 0. The van der Waals surface area contributed by atoms with Crippen LogP contribution in [0.5, 0.6) is 0 Å². The molecule has 78 valence electrons. The summed E-state index contributed by atoms with van der Waals surface area (Å²) >= 11 is 0. The number of hydrogen-bond acceptors (Lipinski definition) is 2. The summed E-state index contributed by atoms with van der Waals surface area (Å²) in [6.45, 7) is 10.3. The minimum Gasteiger partial charge on any atom is -0.317 e. The molecule has 1 aliphatic carbocycles. The van der Waals surface area contributed by atoms with Crippen LogP contribution in [-0.4, -0.2) is 36.6 Å². The van der Waals surface area contributed by atoms with Gasteiger partial charge in [0.05, 0.1) is 0 Å². The summed E-state index contributed by atoms with van der Waals surface area (Å²) in [6, 6.07) is 1.68. The van der Waals surface area contributed by atoms with Crippen LogP contribution in [0, 0.1) is 0 Å². The highest BCUT2D eigenvalue weighted by atomic mass is 15.2. The van der Waals surface area contributed by atoms with Crippen molar-refractivity contribution in [3.05, 3.63) is 0 Å². The fourth-order valence-electron chi connectivity index (χ4n) is 1.99. The maximum Gasteiger partial charge on any atom is 0.00991 e. The lowest BCUT2D eigenvalue weighted by atomic mass is 10.2. The second-order valence-electron chi connectivity index (χ2n) is 4.05. The molecule has 0 bridgehead atoms. The average molecular weight is 184 g/mol. The molecule has 0 aromatic rings. The third kappa shape index (κ3) is 3.65. The van der Waals surface area contributed by atoms with Gasteiger partial charge in [0.15, 0.2) is 0 Å². The maximum atomic E-state index is 3.39. The highest BCUT2D eigenvalue weighted by molar-refractivity contribution is 4.86. The molecule has 1 saturated carbocycles. The summed E-state index contributed by atoms with van der Waals surface area (Å²) in [7, 11) is 0. The Balaban J connectivity index is 2.15. The van der Waals surface area contributed by atoms with Crippen LogP contribution in [0.3, 0.4) is 0 Å². The fraction of sp³-hybridized carbons (Fsp3) is 1.00. The predicted octanol–water partition coefficient (Wildman–Crippen LogP) is 1.86. The zero-order chi connectivity index (χ0) is 9.68. The third-order valence-corrected chi connectivity index (χ3v) is 2.94. The molecule has 1 N–H and O–H groups in total. The summed E-state index contributed by atoms with van der Waals surface area (Å²) in [6.07, 6.45) is 4.15. The first-order chi connectivity index (χ1) is 6.29. The largest absolute Gasteiger partial charge is 0.317 e. The van der Waals surface area contributed by atoms with Crippen LogP contribution >= 0.6 is 0 Å². The zero-order valence-electron chi connectivity index (χ0n) is 9.34. The molecule has 0 amide bonds. The van der Waals surface area contributed by atoms with E-state index in [1.54, 1.807) is 0 Å². The van der Waals surface area contributed by atoms with E-state index in [0.717, 1.165) is 18.6 Å². The van der Waals surface area contributed by atoms with E-state index in [1.165, 1.54) is 32.4 Å². The van der Waals surface area contributed by atoms with Crippen molar-refractivity contribution in [1.29, 1.82) is 0 Å².